The molecular formula is C20H21F4N3O. The highest BCUT2D eigenvalue weighted by Crippen LogP contribution is 2.33. The van der Waals surface area contributed by atoms with Gasteiger partial charge in [-0.15, -0.1) is 0 Å². The number of nitrogens with one attached hydrogen (secondary N) is 2. The van der Waals surface area contributed by atoms with Crippen LogP contribution in [0, 0.1) is 5.82 Å². The molecule has 0 aromatic heterocycles. The van der Waals surface area contributed by atoms with E-state index in [0.29, 0.717) is 12.6 Å². The quantitative estimate of drug-likeness (QED) is 0.742. The van der Waals surface area contributed by atoms with Gasteiger partial charge in [0.2, 0.25) is 0 Å². The van der Waals surface area contributed by atoms with Crippen molar-refractivity contribution in [2.45, 2.75) is 31.6 Å². The lowest BCUT2D eigenvalue weighted by atomic mass is 10.0. The lowest BCUT2D eigenvalue weighted by molar-refractivity contribution is -0.139. The van der Waals surface area contributed by atoms with E-state index >= 15 is 0 Å². The SMILES string of the molecule is O=C(Nc1cccc(C(F)(F)F)c1F)NC1CCCN(Cc2ccccc2)C1. The molecular weight excluding hydrogens is 374 g/mol. The minimum absolute atomic E-state index is 0.161. The van der Waals surface area contributed by atoms with Gasteiger partial charge in [0, 0.05) is 19.1 Å². The lowest BCUT2D eigenvalue weighted by Gasteiger charge is -2.33. The maximum absolute atomic E-state index is 14.0. The van der Waals surface area contributed by atoms with E-state index in [9.17, 15) is 22.4 Å². The minimum Gasteiger partial charge on any atom is -0.334 e. The normalized spacial score (nSPS) is 17.9. The molecule has 0 saturated carbocycles. The van der Waals surface area contributed by atoms with Crippen molar-refractivity contribution >= 4 is 11.7 Å². The predicted octanol–water partition coefficient (Wildman–Crippen LogP) is 4.63. The third-order valence-electron chi connectivity index (χ3n) is 4.64. The molecule has 150 valence electrons. The van der Waals surface area contributed by atoms with Crippen LogP contribution in [0.2, 0.25) is 0 Å². The Morgan fingerprint density at radius 2 is 1.86 bits per heavy atom. The van der Waals surface area contributed by atoms with Crippen molar-refractivity contribution in [2.75, 3.05) is 18.4 Å². The summed E-state index contributed by atoms with van der Waals surface area (Å²) in [6, 6.07) is 11.9. The Morgan fingerprint density at radius 3 is 2.57 bits per heavy atom. The van der Waals surface area contributed by atoms with Gasteiger partial charge in [0.25, 0.3) is 0 Å². The third kappa shape index (κ3) is 5.22. The molecule has 2 N–H and O–H groups in total. The van der Waals surface area contributed by atoms with Gasteiger partial charge < -0.3 is 10.6 Å². The summed E-state index contributed by atoms with van der Waals surface area (Å²) in [6.07, 6.45) is -3.18. The molecule has 1 atom stereocenters. The van der Waals surface area contributed by atoms with E-state index in [-0.39, 0.29) is 6.04 Å². The van der Waals surface area contributed by atoms with Crippen LogP contribution < -0.4 is 10.6 Å². The van der Waals surface area contributed by atoms with Gasteiger partial charge in [-0.05, 0) is 37.1 Å². The van der Waals surface area contributed by atoms with Crippen LogP contribution in [-0.2, 0) is 12.7 Å². The maximum atomic E-state index is 14.0. The minimum atomic E-state index is -4.82. The molecule has 1 saturated heterocycles. The van der Waals surface area contributed by atoms with Crippen molar-refractivity contribution < 1.29 is 22.4 Å². The number of hydrogen-bond acceptors (Lipinski definition) is 2. The van der Waals surface area contributed by atoms with Crippen LogP contribution >= 0.6 is 0 Å². The number of carbonyl (C=O) groups excluding carboxylic acids is 1. The molecule has 8 heteroatoms. The Hall–Kier alpha value is -2.61. The molecule has 4 nitrogen and oxygen atoms in total. The molecule has 2 aromatic carbocycles. The van der Waals surface area contributed by atoms with Crippen LogP contribution in [0.3, 0.4) is 0 Å². The third-order valence-corrected chi connectivity index (χ3v) is 4.64. The Kier molecular flexibility index (Phi) is 6.18. The van der Waals surface area contributed by atoms with Crippen molar-refractivity contribution in [2.24, 2.45) is 0 Å². The number of halogens is 4. The van der Waals surface area contributed by atoms with Gasteiger partial charge in [0.05, 0.1) is 11.3 Å². The molecule has 0 bridgehead atoms. The predicted molar refractivity (Wildman–Crippen MR) is 98.3 cm³/mol. The van der Waals surface area contributed by atoms with Crippen molar-refractivity contribution in [1.29, 1.82) is 0 Å². The molecule has 3 rings (SSSR count). The van der Waals surface area contributed by atoms with Crippen molar-refractivity contribution in [1.82, 2.24) is 10.2 Å². The Balaban J connectivity index is 1.58. The van der Waals surface area contributed by atoms with Gasteiger partial charge in [-0.1, -0.05) is 36.4 Å². The van der Waals surface area contributed by atoms with Crippen molar-refractivity contribution in [3.8, 4) is 0 Å². The zero-order chi connectivity index (χ0) is 20.1. The number of hydrogen-bond donors (Lipinski definition) is 2. The molecule has 1 fully saturated rings. The second kappa shape index (κ2) is 8.60. The summed E-state index contributed by atoms with van der Waals surface area (Å²) in [7, 11) is 0. The first-order valence-electron chi connectivity index (χ1n) is 9.02. The van der Waals surface area contributed by atoms with Crippen molar-refractivity contribution in [3.05, 3.63) is 65.5 Å². The smallest absolute Gasteiger partial charge is 0.334 e. The zero-order valence-corrected chi connectivity index (χ0v) is 15.1. The summed E-state index contributed by atoms with van der Waals surface area (Å²) in [5, 5.41) is 4.92. The highest BCUT2D eigenvalue weighted by molar-refractivity contribution is 5.89. The van der Waals surface area contributed by atoms with E-state index in [4.69, 9.17) is 0 Å². The van der Waals surface area contributed by atoms with Crippen LogP contribution in [0.15, 0.2) is 48.5 Å². The molecule has 1 aliphatic rings. The summed E-state index contributed by atoms with van der Waals surface area (Å²) < 4.78 is 52.4. The van der Waals surface area contributed by atoms with E-state index in [0.717, 1.165) is 38.1 Å². The maximum Gasteiger partial charge on any atom is 0.419 e. The molecule has 1 heterocycles. The highest BCUT2D eigenvalue weighted by atomic mass is 19.4. The number of anilines is 1. The number of nitrogens with zero attached hydrogens (tertiary/aromatic N) is 1. The van der Waals surface area contributed by atoms with Crippen molar-refractivity contribution in [3.63, 3.8) is 0 Å². The molecule has 0 spiro atoms. The fraction of sp³-hybridized carbons (Fsp3) is 0.350. The largest absolute Gasteiger partial charge is 0.419 e. The fourth-order valence-corrected chi connectivity index (χ4v) is 3.35. The number of benzene rings is 2. The van der Waals surface area contributed by atoms with E-state index in [2.05, 4.69) is 15.5 Å². The van der Waals surface area contributed by atoms with E-state index in [1.165, 1.54) is 5.56 Å². The topological polar surface area (TPSA) is 44.4 Å². The number of likely N-dealkylation sites (tertiary alicyclic amines) is 1. The average molecular weight is 395 g/mol. The Morgan fingerprint density at radius 1 is 1.11 bits per heavy atom. The van der Waals surface area contributed by atoms with Gasteiger partial charge in [-0.25, -0.2) is 9.18 Å². The molecule has 28 heavy (non-hydrogen) atoms. The Labute approximate surface area is 160 Å². The van der Waals surface area contributed by atoms with E-state index in [1.807, 2.05) is 30.3 Å². The number of amides is 2. The Bertz CT molecular complexity index is 811. The number of piperidine rings is 1. The second-order valence-corrected chi connectivity index (χ2v) is 6.82. The summed E-state index contributed by atoms with van der Waals surface area (Å²) in [6.45, 7) is 2.27. The summed E-state index contributed by atoms with van der Waals surface area (Å²) >= 11 is 0. The van der Waals surface area contributed by atoms with E-state index in [1.54, 1.807) is 0 Å². The van der Waals surface area contributed by atoms with Crippen LogP contribution in [0.4, 0.5) is 28.0 Å². The molecule has 2 aromatic rings. The number of carbonyl (C=O) groups is 1. The lowest BCUT2D eigenvalue weighted by Crippen LogP contribution is -2.48. The van der Waals surface area contributed by atoms with Gasteiger partial charge >= 0.3 is 12.2 Å². The van der Waals surface area contributed by atoms with Gasteiger partial charge in [-0.3, -0.25) is 4.90 Å². The molecule has 2 amide bonds. The van der Waals surface area contributed by atoms with Gasteiger partial charge in [0.1, 0.15) is 0 Å². The summed E-state index contributed by atoms with van der Waals surface area (Å²) in [4.78, 5) is 14.4. The average Bonchev–Trinajstić information content (AvgIpc) is 2.63. The standard InChI is InChI=1S/C20H21F4N3O/c21-18-16(20(22,23)24)9-4-10-17(18)26-19(28)25-15-8-5-11-27(13-15)12-14-6-2-1-3-7-14/h1-4,6-7,9-10,15H,5,8,11-13H2,(H2,25,26,28). The first-order chi connectivity index (χ1) is 13.3. The fourth-order valence-electron chi connectivity index (χ4n) is 3.35. The number of urea groups is 1. The monoisotopic (exact) mass is 395 g/mol. The van der Waals surface area contributed by atoms with Gasteiger partial charge in [-0.2, -0.15) is 13.2 Å². The van der Waals surface area contributed by atoms with Crippen LogP contribution in [0.25, 0.3) is 0 Å². The molecule has 0 radical (unpaired) electrons. The molecule has 1 aliphatic heterocycles. The summed E-state index contributed by atoms with van der Waals surface area (Å²) in [5.74, 6) is -1.49. The number of alkyl halides is 3. The first-order valence-corrected chi connectivity index (χ1v) is 9.02. The highest BCUT2D eigenvalue weighted by Gasteiger charge is 2.35. The first kappa shape index (κ1) is 20.1. The number of rotatable bonds is 4. The van der Waals surface area contributed by atoms with Crippen LogP contribution in [0.1, 0.15) is 24.0 Å². The molecule has 0 aliphatic carbocycles. The zero-order valence-electron chi connectivity index (χ0n) is 15.1. The van der Waals surface area contributed by atoms with Crippen LogP contribution in [-0.4, -0.2) is 30.1 Å². The second-order valence-electron chi connectivity index (χ2n) is 6.82. The van der Waals surface area contributed by atoms with E-state index < -0.39 is 29.3 Å². The van der Waals surface area contributed by atoms with Gasteiger partial charge in [0.15, 0.2) is 5.82 Å². The van der Waals surface area contributed by atoms with Crippen LogP contribution in [0.5, 0.6) is 0 Å². The molecule has 1 unspecified atom stereocenters. The summed E-state index contributed by atoms with van der Waals surface area (Å²) in [5.41, 5.74) is -0.736.